The second-order valence-corrected chi connectivity index (χ2v) is 3.20. The molecule has 0 aliphatic rings. The van der Waals surface area contributed by atoms with Gasteiger partial charge in [-0.25, -0.2) is 0 Å². The molecule has 1 aromatic rings. The molecule has 0 aliphatic carbocycles. The number of carbonyl (C=O) groups excluding carboxylic acids is 1. The molecule has 0 fully saturated rings. The number of para-hydroxylation sites is 1. The smallest absolute Gasteiger partial charge is 0.258 e. The highest BCUT2D eigenvalue weighted by molar-refractivity contribution is 5.78. The molecule has 3 heteroatoms. The van der Waals surface area contributed by atoms with Crippen LogP contribution >= 0.6 is 0 Å². The van der Waals surface area contributed by atoms with Gasteiger partial charge in [0.1, 0.15) is 5.75 Å². The maximum absolute atomic E-state index is 10.9. The number of amides is 1. The summed E-state index contributed by atoms with van der Waals surface area (Å²) in [6.07, 6.45) is 3.22. The number of primary amides is 1. The van der Waals surface area contributed by atoms with E-state index in [0.29, 0.717) is 5.75 Å². The van der Waals surface area contributed by atoms with Crippen LogP contribution in [0.2, 0.25) is 0 Å². The van der Waals surface area contributed by atoms with E-state index in [1.165, 1.54) is 0 Å². The summed E-state index contributed by atoms with van der Waals surface area (Å²) in [4.78, 5) is 10.9. The fourth-order valence-corrected chi connectivity index (χ4v) is 1.15. The van der Waals surface area contributed by atoms with Crippen LogP contribution in [0.1, 0.15) is 19.4 Å². The number of carbonyl (C=O) groups is 1. The maximum Gasteiger partial charge on any atom is 0.258 e. The molecular weight excluding hydrogens is 190 g/mol. The Balaban J connectivity index is 2.88. The van der Waals surface area contributed by atoms with Crippen LogP contribution in [0, 0.1) is 0 Å². The highest BCUT2D eigenvalue weighted by atomic mass is 16.5. The third-order valence-electron chi connectivity index (χ3n) is 1.97. The molecule has 15 heavy (non-hydrogen) atoms. The van der Waals surface area contributed by atoms with E-state index in [1.807, 2.05) is 43.3 Å². The van der Waals surface area contributed by atoms with Crippen LogP contribution in [-0.2, 0) is 4.79 Å². The maximum atomic E-state index is 10.9. The van der Waals surface area contributed by atoms with E-state index >= 15 is 0 Å². The normalized spacial score (nSPS) is 12.7. The lowest BCUT2D eigenvalue weighted by atomic mass is 10.2. The molecule has 0 saturated heterocycles. The highest BCUT2D eigenvalue weighted by Gasteiger charge is 2.11. The molecule has 1 amide bonds. The number of hydrogen-bond acceptors (Lipinski definition) is 2. The molecule has 0 bridgehead atoms. The molecule has 0 heterocycles. The second-order valence-electron chi connectivity index (χ2n) is 3.20. The van der Waals surface area contributed by atoms with Gasteiger partial charge in [0.05, 0.1) is 0 Å². The first-order valence-corrected chi connectivity index (χ1v) is 4.83. The van der Waals surface area contributed by atoms with Gasteiger partial charge >= 0.3 is 0 Å². The van der Waals surface area contributed by atoms with Crippen molar-refractivity contribution in [2.75, 3.05) is 0 Å². The third kappa shape index (κ3) is 3.13. The number of allylic oxidation sites excluding steroid dienone is 1. The average Bonchev–Trinajstić information content (AvgIpc) is 2.21. The lowest BCUT2D eigenvalue weighted by molar-refractivity contribution is -0.123. The van der Waals surface area contributed by atoms with Crippen molar-refractivity contribution in [2.45, 2.75) is 20.0 Å². The third-order valence-corrected chi connectivity index (χ3v) is 1.97. The van der Waals surface area contributed by atoms with E-state index in [2.05, 4.69) is 0 Å². The number of rotatable bonds is 4. The lowest BCUT2D eigenvalue weighted by Gasteiger charge is -2.13. The van der Waals surface area contributed by atoms with Crippen molar-refractivity contribution in [2.24, 2.45) is 5.73 Å². The predicted molar refractivity (Wildman–Crippen MR) is 60.4 cm³/mol. The van der Waals surface area contributed by atoms with Gasteiger partial charge in [-0.15, -0.1) is 0 Å². The minimum atomic E-state index is -0.614. The Morgan fingerprint density at radius 2 is 2.13 bits per heavy atom. The molecule has 0 aromatic heterocycles. The van der Waals surface area contributed by atoms with Gasteiger partial charge < -0.3 is 10.5 Å². The van der Waals surface area contributed by atoms with Gasteiger partial charge in [-0.1, -0.05) is 30.4 Å². The van der Waals surface area contributed by atoms with Gasteiger partial charge in [0, 0.05) is 5.56 Å². The monoisotopic (exact) mass is 205 g/mol. The minimum absolute atomic E-state index is 0.467. The molecule has 1 aromatic carbocycles. The Morgan fingerprint density at radius 3 is 2.73 bits per heavy atom. The zero-order chi connectivity index (χ0) is 11.3. The number of benzene rings is 1. The van der Waals surface area contributed by atoms with Crippen LogP contribution < -0.4 is 10.5 Å². The molecule has 1 atom stereocenters. The highest BCUT2D eigenvalue weighted by Crippen LogP contribution is 2.20. The van der Waals surface area contributed by atoms with Gasteiger partial charge in [-0.05, 0) is 19.9 Å². The molecule has 1 unspecified atom stereocenters. The first kappa shape index (κ1) is 11.3. The van der Waals surface area contributed by atoms with Crippen LogP contribution in [0.15, 0.2) is 30.3 Å². The quantitative estimate of drug-likeness (QED) is 0.817. The van der Waals surface area contributed by atoms with Crippen molar-refractivity contribution in [1.29, 1.82) is 0 Å². The first-order chi connectivity index (χ1) is 7.15. The zero-order valence-electron chi connectivity index (χ0n) is 8.94. The van der Waals surface area contributed by atoms with Gasteiger partial charge in [0.2, 0.25) is 0 Å². The predicted octanol–water partition coefficient (Wildman–Crippen LogP) is 1.97. The average molecular weight is 205 g/mol. The SMILES string of the molecule is CC=Cc1ccccc1OC(C)C(N)=O. The summed E-state index contributed by atoms with van der Waals surface area (Å²) in [7, 11) is 0. The molecule has 80 valence electrons. The molecule has 3 nitrogen and oxygen atoms in total. The zero-order valence-corrected chi connectivity index (χ0v) is 8.94. The fraction of sp³-hybridized carbons (Fsp3) is 0.250. The van der Waals surface area contributed by atoms with Crippen molar-refractivity contribution in [3.8, 4) is 5.75 Å². The molecule has 0 aliphatic heterocycles. The lowest BCUT2D eigenvalue weighted by Crippen LogP contribution is -2.30. The molecule has 0 radical (unpaired) electrons. The summed E-state index contributed by atoms with van der Waals surface area (Å²) in [6, 6.07) is 7.50. The van der Waals surface area contributed by atoms with Crippen LogP contribution in [0.5, 0.6) is 5.75 Å². The summed E-state index contributed by atoms with van der Waals surface area (Å²) >= 11 is 0. The second kappa shape index (κ2) is 5.20. The van der Waals surface area contributed by atoms with Crippen molar-refractivity contribution in [1.82, 2.24) is 0 Å². The Morgan fingerprint density at radius 1 is 1.47 bits per heavy atom. The fourth-order valence-electron chi connectivity index (χ4n) is 1.15. The van der Waals surface area contributed by atoms with Crippen molar-refractivity contribution in [3.63, 3.8) is 0 Å². The summed E-state index contributed by atoms with van der Waals surface area (Å²) in [5, 5.41) is 0. The Bertz CT molecular complexity index is 372. The van der Waals surface area contributed by atoms with E-state index in [0.717, 1.165) is 5.56 Å². The Hall–Kier alpha value is -1.77. The number of hydrogen-bond donors (Lipinski definition) is 1. The Labute approximate surface area is 89.5 Å². The van der Waals surface area contributed by atoms with E-state index < -0.39 is 12.0 Å². The van der Waals surface area contributed by atoms with Gasteiger partial charge in [-0.3, -0.25) is 4.79 Å². The topological polar surface area (TPSA) is 52.3 Å². The summed E-state index contributed by atoms with van der Waals surface area (Å²) < 4.78 is 5.43. The van der Waals surface area contributed by atoms with Crippen LogP contribution in [-0.4, -0.2) is 12.0 Å². The molecule has 2 N–H and O–H groups in total. The van der Waals surface area contributed by atoms with E-state index in [9.17, 15) is 4.79 Å². The van der Waals surface area contributed by atoms with Crippen LogP contribution in [0.25, 0.3) is 6.08 Å². The van der Waals surface area contributed by atoms with Crippen molar-refractivity contribution in [3.05, 3.63) is 35.9 Å². The van der Waals surface area contributed by atoms with Crippen molar-refractivity contribution >= 4 is 12.0 Å². The summed E-state index contributed by atoms with van der Waals surface area (Å²) in [6.45, 7) is 3.56. The molecule has 0 saturated carbocycles. The van der Waals surface area contributed by atoms with Gasteiger partial charge in [0.15, 0.2) is 6.10 Å². The molecule has 0 spiro atoms. The minimum Gasteiger partial charge on any atom is -0.480 e. The first-order valence-electron chi connectivity index (χ1n) is 4.83. The van der Waals surface area contributed by atoms with Gasteiger partial charge in [-0.2, -0.15) is 0 Å². The summed E-state index contributed by atoms with van der Waals surface area (Å²) in [5.74, 6) is 0.201. The standard InChI is InChI=1S/C12H15NO2/c1-3-6-10-7-4-5-8-11(10)15-9(2)12(13)14/h3-9H,1-2H3,(H2,13,14). The van der Waals surface area contributed by atoms with E-state index in [1.54, 1.807) is 6.92 Å². The van der Waals surface area contributed by atoms with E-state index in [4.69, 9.17) is 10.5 Å². The molecular formula is C12H15NO2. The molecule has 1 rings (SSSR count). The Kier molecular flexibility index (Phi) is 3.92. The van der Waals surface area contributed by atoms with Crippen LogP contribution in [0.3, 0.4) is 0 Å². The van der Waals surface area contributed by atoms with E-state index in [-0.39, 0.29) is 0 Å². The number of nitrogens with two attached hydrogens (primary N) is 1. The van der Waals surface area contributed by atoms with Gasteiger partial charge in [0.25, 0.3) is 5.91 Å². The number of ether oxygens (including phenoxy) is 1. The van der Waals surface area contributed by atoms with Crippen LogP contribution in [0.4, 0.5) is 0 Å². The summed E-state index contributed by atoms with van der Waals surface area (Å²) in [5.41, 5.74) is 6.06. The largest absolute Gasteiger partial charge is 0.480 e. The van der Waals surface area contributed by atoms with Crippen molar-refractivity contribution < 1.29 is 9.53 Å².